The van der Waals surface area contributed by atoms with E-state index in [9.17, 15) is 0 Å². The Morgan fingerprint density at radius 3 is 1.88 bits per heavy atom. The van der Waals surface area contributed by atoms with E-state index in [-0.39, 0.29) is 0 Å². The van der Waals surface area contributed by atoms with Crippen LogP contribution in [0.3, 0.4) is 0 Å². The first-order valence-corrected chi connectivity index (χ1v) is 14.1. The van der Waals surface area contributed by atoms with E-state index in [2.05, 4.69) is 62.5 Å². The molecular weight excluding hydrogens is 402 g/mol. The van der Waals surface area contributed by atoms with Gasteiger partial charge in [0.25, 0.3) is 0 Å². The Labute approximate surface area is 204 Å². The normalized spacial score (nSPS) is 11.5. The molecule has 0 atom stereocenters. The molecule has 1 N–H and O–H groups in total. The van der Waals surface area contributed by atoms with E-state index in [4.69, 9.17) is 4.74 Å². The van der Waals surface area contributed by atoms with E-state index in [1.807, 2.05) is 0 Å². The van der Waals surface area contributed by atoms with Crippen molar-refractivity contribution in [1.29, 1.82) is 0 Å². The van der Waals surface area contributed by atoms with Crippen molar-refractivity contribution in [3.05, 3.63) is 42.0 Å². The molecule has 0 aliphatic rings. The van der Waals surface area contributed by atoms with Crippen LogP contribution in [0.2, 0.25) is 0 Å². The van der Waals surface area contributed by atoms with E-state index < -0.39 is 0 Å². The average Bonchev–Trinajstić information content (AvgIpc) is 2.82. The van der Waals surface area contributed by atoms with Crippen LogP contribution in [0.4, 0.5) is 0 Å². The maximum atomic E-state index is 6.15. The molecule has 2 aromatic carbocycles. The van der Waals surface area contributed by atoms with Gasteiger partial charge in [0.1, 0.15) is 5.75 Å². The zero-order chi connectivity index (χ0) is 23.6. The Hall–Kier alpha value is -1.54. The van der Waals surface area contributed by atoms with Crippen molar-refractivity contribution in [3.63, 3.8) is 0 Å². The van der Waals surface area contributed by atoms with Gasteiger partial charge in [-0.3, -0.25) is 0 Å². The minimum absolute atomic E-state index is 0.535. The quantitative estimate of drug-likeness (QED) is 0.202. The molecule has 33 heavy (non-hydrogen) atoms. The first-order chi connectivity index (χ1) is 16.2. The van der Waals surface area contributed by atoms with Crippen LogP contribution >= 0.6 is 0 Å². The van der Waals surface area contributed by atoms with Crippen molar-refractivity contribution in [2.45, 2.75) is 117 Å². The highest BCUT2D eigenvalue weighted by Crippen LogP contribution is 2.28. The smallest absolute Gasteiger partial charge is 0.124 e. The molecule has 2 nitrogen and oxygen atoms in total. The summed E-state index contributed by atoms with van der Waals surface area (Å²) >= 11 is 0. The third kappa shape index (κ3) is 11.9. The summed E-state index contributed by atoms with van der Waals surface area (Å²) in [6.07, 6.45) is 19.8. The number of nitrogens with one attached hydrogen (secondary N) is 1. The monoisotopic (exact) mass is 453 g/mol. The van der Waals surface area contributed by atoms with Gasteiger partial charge in [-0.15, -0.1) is 0 Å². The van der Waals surface area contributed by atoms with Crippen molar-refractivity contribution in [2.75, 3.05) is 13.2 Å². The second kappa shape index (κ2) is 17.9. The molecule has 0 heterocycles. The first-order valence-electron chi connectivity index (χ1n) is 14.1. The fourth-order valence-corrected chi connectivity index (χ4v) is 4.55. The van der Waals surface area contributed by atoms with E-state index in [0.717, 1.165) is 25.4 Å². The number of ether oxygens (including phenoxy) is 1. The van der Waals surface area contributed by atoms with Gasteiger partial charge in [0.2, 0.25) is 0 Å². The number of hydrogen-bond acceptors (Lipinski definition) is 2. The van der Waals surface area contributed by atoms with Crippen molar-refractivity contribution in [2.24, 2.45) is 5.92 Å². The number of unbranched alkanes of at least 4 members (excludes halogenated alkanes) is 13. The van der Waals surface area contributed by atoms with Crippen molar-refractivity contribution in [3.8, 4) is 5.75 Å². The molecule has 0 aliphatic carbocycles. The summed E-state index contributed by atoms with van der Waals surface area (Å²) in [5.41, 5.74) is 1.30. The van der Waals surface area contributed by atoms with Crippen LogP contribution in [0, 0.1) is 5.92 Å². The van der Waals surface area contributed by atoms with Crippen molar-refractivity contribution in [1.82, 2.24) is 5.32 Å². The summed E-state index contributed by atoms with van der Waals surface area (Å²) in [4.78, 5) is 0. The lowest BCUT2D eigenvalue weighted by molar-refractivity contribution is 0.268. The molecule has 2 aromatic rings. The molecule has 0 saturated carbocycles. The van der Waals surface area contributed by atoms with Gasteiger partial charge in [0.05, 0.1) is 6.61 Å². The molecule has 0 saturated heterocycles. The molecule has 0 bridgehead atoms. The van der Waals surface area contributed by atoms with Gasteiger partial charge in [-0.1, -0.05) is 135 Å². The van der Waals surface area contributed by atoms with Crippen LogP contribution in [0.1, 0.15) is 116 Å². The molecule has 2 heteroatoms. The highest BCUT2D eigenvalue weighted by molar-refractivity contribution is 5.87. The van der Waals surface area contributed by atoms with Crippen LogP contribution < -0.4 is 10.1 Å². The molecule has 186 valence electrons. The maximum absolute atomic E-state index is 6.15. The zero-order valence-corrected chi connectivity index (χ0v) is 22.0. The summed E-state index contributed by atoms with van der Waals surface area (Å²) in [5, 5.41) is 6.29. The van der Waals surface area contributed by atoms with Gasteiger partial charge in [-0.25, -0.2) is 0 Å². The second-order valence-electron chi connectivity index (χ2n) is 10.2. The summed E-state index contributed by atoms with van der Waals surface area (Å²) in [7, 11) is 0. The summed E-state index contributed by atoms with van der Waals surface area (Å²) in [5.74, 6) is 1.57. The van der Waals surface area contributed by atoms with Gasteiger partial charge in [-0.2, -0.15) is 0 Å². The minimum atomic E-state index is 0.535. The van der Waals surface area contributed by atoms with Gasteiger partial charge >= 0.3 is 0 Å². The van der Waals surface area contributed by atoms with Crippen LogP contribution in [0.25, 0.3) is 10.8 Å². The summed E-state index contributed by atoms with van der Waals surface area (Å²) in [6.45, 7) is 9.44. The molecule has 0 amide bonds. The molecule has 2 rings (SSSR count). The zero-order valence-electron chi connectivity index (χ0n) is 22.0. The molecule has 0 unspecified atom stereocenters. The van der Waals surface area contributed by atoms with E-state index in [1.54, 1.807) is 0 Å². The maximum Gasteiger partial charge on any atom is 0.124 e. The average molecular weight is 454 g/mol. The first kappa shape index (κ1) is 27.7. The fraction of sp³-hybridized carbons (Fsp3) is 0.677. The Morgan fingerprint density at radius 1 is 0.697 bits per heavy atom. The Kier molecular flexibility index (Phi) is 15.0. The lowest BCUT2D eigenvalue weighted by Crippen LogP contribution is -2.16. The Balaban J connectivity index is 1.55. The largest absolute Gasteiger partial charge is 0.493 e. The Morgan fingerprint density at radius 2 is 1.27 bits per heavy atom. The van der Waals surface area contributed by atoms with Gasteiger partial charge in [0.15, 0.2) is 0 Å². The third-order valence-electron chi connectivity index (χ3n) is 6.58. The molecule has 0 aromatic heterocycles. The highest BCUT2D eigenvalue weighted by Gasteiger charge is 2.09. The fourth-order valence-electron chi connectivity index (χ4n) is 4.55. The van der Waals surface area contributed by atoms with Crippen LogP contribution in [0.15, 0.2) is 36.4 Å². The van der Waals surface area contributed by atoms with Crippen molar-refractivity contribution >= 4 is 10.8 Å². The Bertz CT molecular complexity index is 739. The standard InChI is InChI=1S/C31H51NO/c1-4-5-6-7-8-9-10-11-12-13-14-15-16-19-24-32-25-30-29-21-18-17-20-28(29)22-23-31(30)33-26-27(2)3/h17-18,20-23,27,32H,4-16,19,24-26H2,1-3H3. The summed E-state index contributed by atoms with van der Waals surface area (Å²) < 4.78 is 6.15. The number of hydrogen-bond donors (Lipinski definition) is 1. The molecule has 0 radical (unpaired) electrons. The molecular formula is C31H51NO. The van der Waals surface area contributed by atoms with Crippen molar-refractivity contribution < 1.29 is 4.74 Å². The van der Waals surface area contributed by atoms with Gasteiger partial charge in [-0.05, 0) is 35.7 Å². The highest BCUT2D eigenvalue weighted by atomic mass is 16.5. The number of rotatable bonds is 20. The molecule has 0 fully saturated rings. The van der Waals surface area contributed by atoms with Crippen LogP contribution in [-0.2, 0) is 6.54 Å². The van der Waals surface area contributed by atoms with Crippen LogP contribution in [-0.4, -0.2) is 13.2 Å². The number of benzene rings is 2. The number of fused-ring (bicyclic) bond motifs is 1. The SMILES string of the molecule is CCCCCCCCCCCCCCCCNCc1c(OCC(C)C)ccc2ccccc12. The van der Waals surface area contributed by atoms with Gasteiger partial charge < -0.3 is 10.1 Å². The minimum Gasteiger partial charge on any atom is -0.493 e. The van der Waals surface area contributed by atoms with E-state index in [1.165, 1.54) is 106 Å². The predicted octanol–water partition coefficient (Wildman–Crippen LogP) is 9.45. The van der Waals surface area contributed by atoms with E-state index in [0.29, 0.717) is 5.92 Å². The topological polar surface area (TPSA) is 21.3 Å². The second-order valence-corrected chi connectivity index (χ2v) is 10.2. The lowest BCUT2D eigenvalue weighted by Gasteiger charge is -2.16. The molecule has 0 aliphatic heterocycles. The third-order valence-corrected chi connectivity index (χ3v) is 6.58. The van der Waals surface area contributed by atoms with Gasteiger partial charge in [0, 0.05) is 12.1 Å². The molecule has 0 spiro atoms. The summed E-state index contributed by atoms with van der Waals surface area (Å²) in [6, 6.07) is 13.0. The van der Waals surface area contributed by atoms with E-state index >= 15 is 0 Å². The lowest BCUT2D eigenvalue weighted by atomic mass is 10.0. The van der Waals surface area contributed by atoms with Crippen LogP contribution in [0.5, 0.6) is 5.75 Å². The predicted molar refractivity (Wildman–Crippen MR) is 146 cm³/mol.